The van der Waals surface area contributed by atoms with Crippen molar-refractivity contribution in [2.24, 2.45) is 0 Å². The van der Waals surface area contributed by atoms with Crippen LogP contribution in [0.25, 0.3) is 0 Å². The van der Waals surface area contributed by atoms with Crippen LogP contribution in [0.2, 0.25) is 0 Å². The van der Waals surface area contributed by atoms with E-state index in [1.165, 1.54) is 22.2 Å². The maximum absolute atomic E-state index is 12.3. The Bertz CT molecular complexity index is 498. The number of aliphatic hydroxyl groups is 1. The zero-order chi connectivity index (χ0) is 14.5. The van der Waals surface area contributed by atoms with Crippen molar-refractivity contribution >= 4 is 15.8 Å². The van der Waals surface area contributed by atoms with E-state index in [1.54, 1.807) is 0 Å². The molecule has 0 aromatic carbocycles. The number of aryl methyl sites for hydroxylation is 1. The standard InChI is InChI=1S/C11H22N4O3S/c1-3-15-9-10(11(12)13-15)19(17,18)14(2)7-5-4-6-8-16/h9,16H,3-8H2,1-2H3,(H2,12,13). The average Bonchev–Trinajstić information content (AvgIpc) is 2.76. The fourth-order valence-corrected chi connectivity index (χ4v) is 2.96. The maximum Gasteiger partial charge on any atom is 0.248 e. The number of aliphatic hydroxyl groups excluding tert-OH is 1. The summed E-state index contributed by atoms with van der Waals surface area (Å²) in [5.41, 5.74) is 5.65. The Morgan fingerprint density at radius 3 is 2.63 bits per heavy atom. The summed E-state index contributed by atoms with van der Waals surface area (Å²) in [5.74, 6) is 0.0315. The first-order valence-corrected chi connectivity index (χ1v) is 7.77. The smallest absolute Gasteiger partial charge is 0.248 e. The van der Waals surface area contributed by atoms with Gasteiger partial charge in [-0.05, 0) is 26.2 Å². The van der Waals surface area contributed by atoms with Gasteiger partial charge in [-0.1, -0.05) is 0 Å². The van der Waals surface area contributed by atoms with Gasteiger partial charge >= 0.3 is 0 Å². The van der Waals surface area contributed by atoms with Gasteiger partial charge in [0.25, 0.3) is 0 Å². The van der Waals surface area contributed by atoms with E-state index in [0.717, 1.165) is 6.42 Å². The number of nitrogens with two attached hydrogens (primary N) is 1. The van der Waals surface area contributed by atoms with Crippen LogP contribution in [0, 0.1) is 0 Å². The Kier molecular flexibility index (Phi) is 5.77. The molecule has 0 bridgehead atoms. The molecule has 7 nitrogen and oxygen atoms in total. The third-order valence-corrected chi connectivity index (χ3v) is 4.77. The first-order valence-electron chi connectivity index (χ1n) is 6.33. The highest BCUT2D eigenvalue weighted by Crippen LogP contribution is 2.20. The second-order valence-electron chi connectivity index (χ2n) is 4.35. The minimum Gasteiger partial charge on any atom is -0.396 e. The zero-order valence-corrected chi connectivity index (χ0v) is 12.2. The number of nitrogen functional groups attached to an aromatic ring is 1. The van der Waals surface area contributed by atoms with Crippen LogP contribution in [-0.2, 0) is 16.6 Å². The minimum atomic E-state index is -3.58. The minimum absolute atomic E-state index is 0.0315. The highest BCUT2D eigenvalue weighted by molar-refractivity contribution is 7.89. The molecular formula is C11H22N4O3S. The molecule has 0 aliphatic rings. The maximum atomic E-state index is 12.3. The first kappa shape index (κ1) is 15.9. The van der Waals surface area contributed by atoms with Gasteiger partial charge in [0.1, 0.15) is 4.90 Å². The summed E-state index contributed by atoms with van der Waals surface area (Å²) in [7, 11) is -2.06. The van der Waals surface area contributed by atoms with Crippen molar-refractivity contribution in [1.82, 2.24) is 14.1 Å². The van der Waals surface area contributed by atoms with Crippen molar-refractivity contribution in [2.75, 3.05) is 25.9 Å². The summed E-state index contributed by atoms with van der Waals surface area (Å²) in [6.07, 6.45) is 3.64. The fourth-order valence-electron chi connectivity index (χ4n) is 1.69. The molecule has 3 N–H and O–H groups in total. The third kappa shape index (κ3) is 3.92. The average molecular weight is 290 g/mol. The van der Waals surface area contributed by atoms with Crippen LogP contribution in [0.5, 0.6) is 0 Å². The van der Waals surface area contributed by atoms with Crippen molar-refractivity contribution < 1.29 is 13.5 Å². The molecular weight excluding hydrogens is 268 g/mol. The second kappa shape index (κ2) is 6.88. The molecule has 1 heterocycles. The molecule has 19 heavy (non-hydrogen) atoms. The molecule has 0 fully saturated rings. The molecule has 1 rings (SSSR count). The van der Waals surface area contributed by atoms with E-state index in [9.17, 15) is 8.42 Å². The van der Waals surface area contributed by atoms with Gasteiger partial charge in [-0.3, -0.25) is 4.68 Å². The molecule has 0 aliphatic carbocycles. The summed E-state index contributed by atoms with van der Waals surface area (Å²) in [5, 5.41) is 12.6. The summed E-state index contributed by atoms with van der Waals surface area (Å²) < 4.78 is 27.4. The molecule has 0 spiro atoms. The molecule has 0 unspecified atom stereocenters. The molecule has 1 aromatic heterocycles. The van der Waals surface area contributed by atoms with Gasteiger partial charge in [-0.25, -0.2) is 12.7 Å². The zero-order valence-electron chi connectivity index (χ0n) is 11.4. The Hall–Kier alpha value is -1.12. The van der Waals surface area contributed by atoms with E-state index in [4.69, 9.17) is 10.8 Å². The summed E-state index contributed by atoms with van der Waals surface area (Å²) in [6.45, 7) is 2.97. The number of hydrogen-bond donors (Lipinski definition) is 2. The molecule has 0 amide bonds. The van der Waals surface area contributed by atoms with Crippen molar-refractivity contribution in [3.05, 3.63) is 6.20 Å². The fraction of sp³-hybridized carbons (Fsp3) is 0.727. The SMILES string of the molecule is CCn1cc(S(=O)(=O)N(C)CCCCCO)c(N)n1. The summed E-state index contributed by atoms with van der Waals surface area (Å²) in [6, 6.07) is 0. The van der Waals surface area contributed by atoms with Gasteiger partial charge in [-0.15, -0.1) is 0 Å². The van der Waals surface area contributed by atoms with Crippen LogP contribution in [0.3, 0.4) is 0 Å². The van der Waals surface area contributed by atoms with Crippen LogP contribution in [-0.4, -0.2) is 47.8 Å². The molecule has 1 aromatic rings. The lowest BCUT2D eigenvalue weighted by molar-refractivity contribution is 0.281. The van der Waals surface area contributed by atoms with Gasteiger partial charge < -0.3 is 10.8 Å². The Morgan fingerprint density at radius 2 is 2.11 bits per heavy atom. The first-order chi connectivity index (χ1) is 8.93. The number of unbranched alkanes of at least 4 members (excludes halogenated alkanes) is 2. The monoisotopic (exact) mass is 290 g/mol. The van der Waals surface area contributed by atoms with E-state index in [-0.39, 0.29) is 17.3 Å². The number of anilines is 1. The normalized spacial score (nSPS) is 12.2. The van der Waals surface area contributed by atoms with E-state index >= 15 is 0 Å². The second-order valence-corrected chi connectivity index (χ2v) is 6.36. The van der Waals surface area contributed by atoms with Gasteiger partial charge in [-0.2, -0.15) is 5.10 Å². The highest BCUT2D eigenvalue weighted by atomic mass is 32.2. The topological polar surface area (TPSA) is 101 Å². The highest BCUT2D eigenvalue weighted by Gasteiger charge is 2.25. The Morgan fingerprint density at radius 1 is 1.42 bits per heavy atom. The third-order valence-electron chi connectivity index (χ3n) is 2.90. The lowest BCUT2D eigenvalue weighted by Crippen LogP contribution is -2.28. The molecule has 0 aliphatic heterocycles. The van der Waals surface area contributed by atoms with Gasteiger partial charge in [0.05, 0.1) is 0 Å². The van der Waals surface area contributed by atoms with Crippen LogP contribution in [0.4, 0.5) is 5.82 Å². The molecule has 0 radical (unpaired) electrons. The van der Waals surface area contributed by atoms with E-state index in [2.05, 4.69) is 5.10 Å². The van der Waals surface area contributed by atoms with Crippen molar-refractivity contribution in [2.45, 2.75) is 37.6 Å². The number of sulfonamides is 1. The van der Waals surface area contributed by atoms with Crippen molar-refractivity contribution in [3.8, 4) is 0 Å². The Balaban J connectivity index is 2.75. The lowest BCUT2D eigenvalue weighted by atomic mass is 10.2. The number of nitrogens with zero attached hydrogens (tertiary/aromatic N) is 3. The molecule has 110 valence electrons. The molecule has 8 heteroatoms. The van der Waals surface area contributed by atoms with Gasteiger partial charge in [0, 0.05) is 32.9 Å². The van der Waals surface area contributed by atoms with Crippen molar-refractivity contribution in [3.63, 3.8) is 0 Å². The van der Waals surface area contributed by atoms with Crippen molar-refractivity contribution in [1.29, 1.82) is 0 Å². The predicted octanol–water partition coefficient (Wildman–Crippen LogP) is 0.268. The predicted molar refractivity (Wildman–Crippen MR) is 73.1 cm³/mol. The van der Waals surface area contributed by atoms with Gasteiger partial charge in [0.2, 0.25) is 10.0 Å². The molecule has 0 saturated carbocycles. The van der Waals surface area contributed by atoms with E-state index < -0.39 is 10.0 Å². The van der Waals surface area contributed by atoms with Crippen LogP contribution >= 0.6 is 0 Å². The quantitative estimate of drug-likeness (QED) is 0.669. The summed E-state index contributed by atoms with van der Waals surface area (Å²) >= 11 is 0. The van der Waals surface area contributed by atoms with E-state index in [1.807, 2.05) is 6.92 Å². The van der Waals surface area contributed by atoms with Crippen LogP contribution in [0.15, 0.2) is 11.1 Å². The Labute approximate surface area is 114 Å². The van der Waals surface area contributed by atoms with E-state index in [0.29, 0.717) is 25.9 Å². The number of aromatic nitrogens is 2. The number of rotatable bonds is 8. The van der Waals surface area contributed by atoms with Crippen LogP contribution < -0.4 is 5.73 Å². The lowest BCUT2D eigenvalue weighted by Gasteiger charge is -2.16. The molecule has 0 saturated heterocycles. The number of hydrogen-bond acceptors (Lipinski definition) is 5. The molecule has 0 atom stereocenters. The van der Waals surface area contributed by atoms with Crippen LogP contribution in [0.1, 0.15) is 26.2 Å². The largest absolute Gasteiger partial charge is 0.396 e. The summed E-state index contributed by atoms with van der Waals surface area (Å²) in [4.78, 5) is 0.0546. The van der Waals surface area contributed by atoms with Gasteiger partial charge in [0.15, 0.2) is 5.82 Å².